The Bertz CT molecular complexity index is 445. The molecule has 2 fully saturated rings. The van der Waals surface area contributed by atoms with Gasteiger partial charge in [-0.05, 0) is 55.3 Å². The van der Waals surface area contributed by atoms with Crippen molar-refractivity contribution in [2.24, 2.45) is 0 Å². The van der Waals surface area contributed by atoms with Crippen molar-refractivity contribution >= 4 is 0 Å². The second-order valence-electron chi connectivity index (χ2n) is 7.87. The molecule has 3 rings (SSSR count). The lowest BCUT2D eigenvalue weighted by molar-refractivity contribution is 0.189. The number of likely N-dealkylation sites (tertiary alicyclic amines) is 1. The third-order valence-corrected chi connectivity index (χ3v) is 5.01. The Morgan fingerprint density at radius 3 is 2.14 bits per heavy atom. The van der Waals surface area contributed by atoms with Crippen LogP contribution in [0.5, 0.6) is 0 Å². The van der Waals surface area contributed by atoms with E-state index >= 15 is 0 Å². The van der Waals surface area contributed by atoms with Gasteiger partial charge in [0.05, 0.1) is 0 Å². The lowest BCUT2D eigenvalue weighted by Crippen LogP contribution is -2.43. The van der Waals surface area contributed by atoms with Gasteiger partial charge in [-0.2, -0.15) is 0 Å². The van der Waals surface area contributed by atoms with E-state index in [-0.39, 0.29) is 5.41 Å². The number of piperidine rings is 1. The molecule has 1 heterocycles. The van der Waals surface area contributed by atoms with Gasteiger partial charge in [0.15, 0.2) is 0 Å². The standard InChI is InChI=1S/C19H30N2/c1-19(2,3)16-6-4-15(5-7-16)14-20-17-10-12-21(13-11-17)18-8-9-18/h4-7,17-18,20H,8-14H2,1-3H3. The number of nitrogens with zero attached hydrogens (tertiary/aromatic N) is 1. The van der Waals surface area contributed by atoms with E-state index in [0.717, 1.165) is 12.6 Å². The molecule has 116 valence electrons. The van der Waals surface area contributed by atoms with Gasteiger partial charge in [-0.15, -0.1) is 0 Å². The fourth-order valence-corrected chi connectivity index (χ4v) is 3.29. The van der Waals surface area contributed by atoms with E-state index in [0.29, 0.717) is 6.04 Å². The number of benzene rings is 1. The first kappa shape index (κ1) is 15.1. The smallest absolute Gasteiger partial charge is 0.0208 e. The molecule has 2 aliphatic rings. The molecule has 1 aromatic rings. The molecule has 0 bridgehead atoms. The molecular formula is C19H30N2. The summed E-state index contributed by atoms with van der Waals surface area (Å²) in [5.74, 6) is 0. The molecular weight excluding hydrogens is 256 g/mol. The first-order valence-electron chi connectivity index (χ1n) is 8.59. The highest BCUT2D eigenvalue weighted by atomic mass is 15.2. The molecule has 1 N–H and O–H groups in total. The summed E-state index contributed by atoms with van der Waals surface area (Å²) in [6, 6.07) is 10.8. The Hall–Kier alpha value is -0.860. The van der Waals surface area contributed by atoms with Gasteiger partial charge in [0.25, 0.3) is 0 Å². The Balaban J connectivity index is 1.45. The second kappa shape index (κ2) is 6.10. The van der Waals surface area contributed by atoms with Crippen molar-refractivity contribution in [2.75, 3.05) is 13.1 Å². The van der Waals surface area contributed by atoms with Crippen LogP contribution in [-0.4, -0.2) is 30.1 Å². The Morgan fingerprint density at radius 1 is 1.00 bits per heavy atom. The summed E-state index contributed by atoms with van der Waals surface area (Å²) in [5.41, 5.74) is 3.08. The van der Waals surface area contributed by atoms with Crippen LogP contribution >= 0.6 is 0 Å². The van der Waals surface area contributed by atoms with Crippen LogP contribution in [0.4, 0.5) is 0 Å². The first-order chi connectivity index (χ1) is 10.0. The van der Waals surface area contributed by atoms with E-state index in [1.165, 1.54) is 49.9 Å². The zero-order chi connectivity index (χ0) is 14.9. The van der Waals surface area contributed by atoms with E-state index in [9.17, 15) is 0 Å². The lowest BCUT2D eigenvalue weighted by Gasteiger charge is -2.32. The molecule has 2 heteroatoms. The summed E-state index contributed by atoms with van der Waals surface area (Å²) < 4.78 is 0. The fourth-order valence-electron chi connectivity index (χ4n) is 3.29. The second-order valence-corrected chi connectivity index (χ2v) is 7.87. The summed E-state index contributed by atoms with van der Waals surface area (Å²) in [7, 11) is 0. The van der Waals surface area contributed by atoms with E-state index in [2.05, 4.69) is 55.3 Å². The highest BCUT2D eigenvalue weighted by molar-refractivity contribution is 5.27. The maximum absolute atomic E-state index is 3.75. The van der Waals surface area contributed by atoms with Crippen LogP contribution in [0, 0.1) is 0 Å². The molecule has 0 aromatic heterocycles. The van der Waals surface area contributed by atoms with Crippen LogP contribution in [0.1, 0.15) is 57.6 Å². The van der Waals surface area contributed by atoms with Crippen LogP contribution < -0.4 is 5.32 Å². The molecule has 2 nitrogen and oxygen atoms in total. The summed E-state index contributed by atoms with van der Waals surface area (Å²) in [4.78, 5) is 2.69. The van der Waals surface area contributed by atoms with E-state index < -0.39 is 0 Å². The molecule has 1 aliphatic heterocycles. The predicted molar refractivity (Wildman–Crippen MR) is 89.6 cm³/mol. The van der Waals surface area contributed by atoms with E-state index in [4.69, 9.17) is 0 Å². The Kier molecular flexibility index (Phi) is 4.37. The van der Waals surface area contributed by atoms with Crippen molar-refractivity contribution in [3.63, 3.8) is 0 Å². The first-order valence-corrected chi connectivity index (χ1v) is 8.59. The van der Waals surface area contributed by atoms with Crippen LogP contribution in [0.2, 0.25) is 0 Å². The zero-order valence-corrected chi connectivity index (χ0v) is 13.9. The van der Waals surface area contributed by atoms with Gasteiger partial charge in [0.1, 0.15) is 0 Å². The van der Waals surface area contributed by atoms with Gasteiger partial charge in [-0.25, -0.2) is 0 Å². The van der Waals surface area contributed by atoms with Crippen molar-refractivity contribution in [3.05, 3.63) is 35.4 Å². The third kappa shape index (κ3) is 4.08. The molecule has 1 saturated heterocycles. The molecule has 0 atom stereocenters. The highest BCUT2D eigenvalue weighted by Gasteiger charge is 2.31. The number of rotatable bonds is 4. The third-order valence-electron chi connectivity index (χ3n) is 5.01. The summed E-state index contributed by atoms with van der Waals surface area (Å²) >= 11 is 0. The molecule has 0 radical (unpaired) electrons. The SMILES string of the molecule is CC(C)(C)c1ccc(CNC2CCN(C3CC3)CC2)cc1. The van der Waals surface area contributed by atoms with Crippen molar-refractivity contribution in [3.8, 4) is 0 Å². The molecule has 1 aromatic carbocycles. The average Bonchev–Trinajstić information content (AvgIpc) is 3.30. The minimum atomic E-state index is 0.252. The lowest BCUT2D eigenvalue weighted by atomic mass is 9.87. The predicted octanol–water partition coefficient (Wildman–Crippen LogP) is 3.70. The molecule has 0 spiro atoms. The summed E-state index contributed by atoms with van der Waals surface area (Å²) in [6.45, 7) is 10.4. The summed E-state index contributed by atoms with van der Waals surface area (Å²) in [5, 5.41) is 3.75. The Labute approximate surface area is 129 Å². The molecule has 1 aliphatic carbocycles. The van der Waals surface area contributed by atoms with Gasteiger partial charge in [-0.3, -0.25) is 0 Å². The highest BCUT2D eigenvalue weighted by Crippen LogP contribution is 2.29. The fraction of sp³-hybridized carbons (Fsp3) is 0.684. The minimum absolute atomic E-state index is 0.252. The van der Waals surface area contributed by atoms with Crippen molar-refractivity contribution < 1.29 is 0 Å². The van der Waals surface area contributed by atoms with Crippen LogP contribution in [0.25, 0.3) is 0 Å². The van der Waals surface area contributed by atoms with Gasteiger partial charge < -0.3 is 10.2 Å². The molecule has 21 heavy (non-hydrogen) atoms. The average molecular weight is 286 g/mol. The number of hydrogen-bond acceptors (Lipinski definition) is 2. The minimum Gasteiger partial charge on any atom is -0.310 e. The Morgan fingerprint density at radius 2 is 1.62 bits per heavy atom. The van der Waals surface area contributed by atoms with Gasteiger partial charge >= 0.3 is 0 Å². The number of hydrogen-bond donors (Lipinski definition) is 1. The van der Waals surface area contributed by atoms with Gasteiger partial charge in [0.2, 0.25) is 0 Å². The van der Waals surface area contributed by atoms with Gasteiger partial charge in [-0.1, -0.05) is 45.0 Å². The number of nitrogens with one attached hydrogen (secondary N) is 1. The molecule has 0 unspecified atom stereocenters. The van der Waals surface area contributed by atoms with Crippen LogP contribution in [-0.2, 0) is 12.0 Å². The molecule has 1 saturated carbocycles. The quantitative estimate of drug-likeness (QED) is 0.908. The maximum atomic E-state index is 3.75. The molecule has 0 amide bonds. The van der Waals surface area contributed by atoms with E-state index in [1.807, 2.05) is 0 Å². The van der Waals surface area contributed by atoms with Crippen LogP contribution in [0.15, 0.2) is 24.3 Å². The van der Waals surface area contributed by atoms with Crippen molar-refractivity contribution in [1.29, 1.82) is 0 Å². The van der Waals surface area contributed by atoms with Gasteiger partial charge in [0, 0.05) is 18.6 Å². The van der Waals surface area contributed by atoms with Crippen molar-refractivity contribution in [1.82, 2.24) is 10.2 Å². The maximum Gasteiger partial charge on any atom is 0.0208 e. The van der Waals surface area contributed by atoms with Crippen molar-refractivity contribution in [2.45, 2.75) is 70.5 Å². The zero-order valence-electron chi connectivity index (χ0n) is 13.9. The van der Waals surface area contributed by atoms with Crippen LogP contribution in [0.3, 0.4) is 0 Å². The largest absolute Gasteiger partial charge is 0.310 e. The topological polar surface area (TPSA) is 15.3 Å². The van der Waals surface area contributed by atoms with E-state index in [1.54, 1.807) is 0 Å². The summed E-state index contributed by atoms with van der Waals surface area (Å²) in [6.07, 6.45) is 5.52. The monoisotopic (exact) mass is 286 g/mol. The normalized spacial score (nSPS) is 21.7.